The summed E-state index contributed by atoms with van der Waals surface area (Å²) in [6.07, 6.45) is 1.92. The average Bonchev–Trinajstić information content (AvgIpc) is 3.40. The fraction of sp³-hybridized carbons (Fsp3) is 0.500. The van der Waals surface area contributed by atoms with E-state index < -0.39 is 17.9 Å². The Morgan fingerprint density at radius 3 is 2.48 bits per heavy atom. The third-order valence-electron chi connectivity index (χ3n) is 3.85. The molecule has 1 aromatic rings. The molecule has 25 heavy (non-hydrogen) atoms. The molecule has 2 amide bonds. The molecule has 1 atom stereocenters. The largest absolute Gasteiger partial charge is 0.496 e. The molecule has 0 heterocycles. The molecule has 0 unspecified atom stereocenters. The van der Waals surface area contributed by atoms with Crippen LogP contribution in [0.25, 0.3) is 0 Å². The second kappa shape index (κ2) is 8.50. The van der Waals surface area contributed by atoms with Gasteiger partial charge in [0.05, 0.1) is 12.7 Å². The van der Waals surface area contributed by atoms with E-state index in [1.807, 2.05) is 0 Å². The standard InChI is InChI=1S/C18H24N2O5/c1-11(2)16(18(23)25-10-15(21)19-12-8-9-12)20-17(22)13-6-4-5-7-14(13)24-3/h4-7,11-12,16H,8-10H2,1-3H3,(H,19,21)(H,20,22)/t16-/m0/s1. The van der Waals surface area contributed by atoms with Crippen LogP contribution in [-0.4, -0.2) is 43.6 Å². The maximum atomic E-state index is 12.5. The maximum absolute atomic E-state index is 12.5. The van der Waals surface area contributed by atoms with Crippen molar-refractivity contribution in [2.75, 3.05) is 13.7 Å². The minimum atomic E-state index is -0.855. The number of benzene rings is 1. The number of hydrogen-bond donors (Lipinski definition) is 2. The Labute approximate surface area is 147 Å². The minimum absolute atomic E-state index is 0.197. The van der Waals surface area contributed by atoms with Crippen molar-refractivity contribution in [3.8, 4) is 5.75 Å². The topological polar surface area (TPSA) is 93.7 Å². The first-order valence-electron chi connectivity index (χ1n) is 8.32. The number of ether oxygens (including phenoxy) is 2. The van der Waals surface area contributed by atoms with Gasteiger partial charge in [0.1, 0.15) is 11.8 Å². The third kappa shape index (κ3) is 5.48. The Hall–Kier alpha value is -2.57. The summed E-state index contributed by atoms with van der Waals surface area (Å²) in [6, 6.07) is 6.09. The molecule has 0 aliphatic heterocycles. The first-order chi connectivity index (χ1) is 11.9. The Morgan fingerprint density at radius 2 is 1.88 bits per heavy atom. The van der Waals surface area contributed by atoms with E-state index in [-0.39, 0.29) is 24.5 Å². The maximum Gasteiger partial charge on any atom is 0.329 e. The van der Waals surface area contributed by atoms with Gasteiger partial charge in [-0.1, -0.05) is 26.0 Å². The first-order valence-corrected chi connectivity index (χ1v) is 8.32. The summed E-state index contributed by atoms with van der Waals surface area (Å²) in [7, 11) is 1.47. The van der Waals surface area contributed by atoms with E-state index in [4.69, 9.17) is 9.47 Å². The van der Waals surface area contributed by atoms with Crippen LogP contribution in [-0.2, 0) is 14.3 Å². The average molecular weight is 348 g/mol. The number of esters is 1. The molecular formula is C18H24N2O5. The Balaban J connectivity index is 1.95. The predicted molar refractivity (Wildman–Crippen MR) is 91.2 cm³/mol. The van der Waals surface area contributed by atoms with Crippen LogP contribution in [0.5, 0.6) is 5.75 Å². The van der Waals surface area contributed by atoms with Crippen LogP contribution in [0.1, 0.15) is 37.0 Å². The summed E-state index contributed by atoms with van der Waals surface area (Å²) >= 11 is 0. The van der Waals surface area contributed by atoms with Gasteiger partial charge < -0.3 is 20.1 Å². The van der Waals surface area contributed by atoms with Crippen LogP contribution < -0.4 is 15.4 Å². The van der Waals surface area contributed by atoms with Gasteiger partial charge in [-0.3, -0.25) is 9.59 Å². The summed E-state index contributed by atoms with van der Waals surface area (Å²) in [5, 5.41) is 5.40. The van der Waals surface area contributed by atoms with Crippen LogP contribution in [0.2, 0.25) is 0 Å². The van der Waals surface area contributed by atoms with Crippen molar-refractivity contribution in [2.45, 2.75) is 38.8 Å². The Morgan fingerprint density at radius 1 is 1.20 bits per heavy atom. The van der Waals surface area contributed by atoms with Crippen molar-refractivity contribution in [3.63, 3.8) is 0 Å². The van der Waals surface area contributed by atoms with Crippen LogP contribution in [0.15, 0.2) is 24.3 Å². The van der Waals surface area contributed by atoms with Crippen molar-refractivity contribution in [2.24, 2.45) is 5.92 Å². The second-order valence-corrected chi connectivity index (χ2v) is 6.34. The monoisotopic (exact) mass is 348 g/mol. The third-order valence-corrected chi connectivity index (χ3v) is 3.85. The summed E-state index contributed by atoms with van der Waals surface area (Å²) in [6.45, 7) is 3.24. The Bertz CT molecular complexity index is 640. The van der Waals surface area contributed by atoms with Crippen LogP contribution in [0.3, 0.4) is 0 Å². The predicted octanol–water partition coefficient (Wildman–Crippen LogP) is 1.27. The number of amides is 2. The molecular weight excluding hydrogens is 324 g/mol. The zero-order valence-corrected chi connectivity index (χ0v) is 14.7. The summed E-state index contributed by atoms with van der Waals surface area (Å²) in [4.78, 5) is 36.3. The number of carbonyl (C=O) groups is 3. The van der Waals surface area contributed by atoms with Gasteiger partial charge in [-0.15, -0.1) is 0 Å². The lowest BCUT2D eigenvalue weighted by Crippen LogP contribution is -2.46. The number of rotatable bonds is 8. The van der Waals surface area contributed by atoms with Crippen molar-refractivity contribution in [1.29, 1.82) is 0 Å². The lowest BCUT2D eigenvalue weighted by atomic mass is 10.0. The van der Waals surface area contributed by atoms with E-state index in [9.17, 15) is 14.4 Å². The number of hydrogen-bond acceptors (Lipinski definition) is 5. The van der Waals surface area contributed by atoms with Gasteiger partial charge in [0, 0.05) is 6.04 Å². The minimum Gasteiger partial charge on any atom is -0.496 e. The van der Waals surface area contributed by atoms with Crippen LogP contribution >= 0.6 is 0 Å². The highest BCUT2D eigenvalue weighted by atomic mass is 16.5. The molecule has 1 aliphatic rings. The molecule has 1 aromatic carbocycles. The van der Waals surface area contributed by atoms with Gasteiger partial charge in [-0.25, -0.2) is 4.79 Å². The van der Waals surface area contributed by atoms with E-state index in [0.717, 1.165) is 12.8 Å². The number of methoxy groups -OCH3 is 1. The highest BCUT2D eigenvalue weighted by molar-refractivity contribution is 5.99. The second-order valence-electron chi connectivity index (χ2n) is 6.34. The normalized spacial score (nSPS) is 14.6. The van der Waals surface area contributed by atoms with Gasteiger partial charge in [-0.2, -0.15) is 0 Å². The van der Waals surface area contributed by atoms with Crippen LogP contribution in [0.4, 0.5) is 0 Å². The fourth-order valence-electron chi connectivity index (χ4n) is 2.27. The van der Waals surface area contributed by atoms with Crippen molar-refractivity contribution in [3.05, 3.63) is 29.8 Å². The summed E-state index contributed by atoms with van der Waals surface area (Å²) in [5.41, 5.74) is 0.329. The molecule has 1 fully saturated rings. The molecule has 0 saturated heterocycles. The molecule has 2 N–H and O–H groups in total. The number of para-hydroxylation sites is 1. The lowest BCUT2D eigenvalue weighted by Gasteiger charge is -2.21. The van der Waals surface area contributed by atoms with Crippen molar-refractivity contribution in [1.82, 2.24) is 10.6 Å². The molecule has 0 aromatic heterocycles. The van der Waals surface area contributed by atoms with Gasteiger partial charge in [0.25, 0.3) is 11.8 Å². The molecule has 7 heteroatoms. The lowest BCUT2D eigenvalue weighted by molar-refractivity contribution is -0.151. The number of nitrogens with one attached hydrogen (secondary N) is 2. The molecule has 2 rings (SSSR count). The molecule has 136 valence electrons. The quantitative estimate of drug-likeness (QED) is 0.690. The Kier molecular flexibility index (Phi) is 6.38. The van der Waals surface area contributed by atoms with Crippen molar-refractivity contribution < 1.29 is 23.9 Å². The van der Waals surface area contributed by atoms with Gasteiger partial charge >= 0.3 is 5.97 Å². The zero-order chi connectivity index (χ0) is 18.4. The molecule has 1 aliphatic carbocycles. The summed E-state index contributed by atoms with van der Waals surface area (Å²) < 4.78 is 10.2. The first kappa shape index (κ1) is 18.8. The zero-order valence-electron chi connectivity index (χ0n) is 14.7. The highest BCUT2D eigenvalue weighted by Crippen LogP contribution is 2.19. The molecule has 0 spiro atoms. The van der Waals surface area contributed by atoms with E-state index in [2.05, 4.69) is 10.6 Å². The van der Waals surface area contributed by atoms with Crippen molar-refractivity contribution >= 4 is 17.8 Å². The van der Waals surface area contributed by atoms with E-state index >= 15 is 0 Å². The van der Waals surface area contributed by atoms with Gasteiger partial charge in [0.15, 0.2) is 6.61 Å². The molecule has 1 saturated carbocycles. The van der Waals surface area contributed by atoms with E-state index in [0.29, 0.717) is 11.3 Å². The molecule has 7 nitrogen and oxygen atoms in total. The van der Waals surface area contributed by atoms with E-state index in [1.165, 1.54) is 7.11 Å². The highest BCUT2D eigenvalue weighted by Gasteiger charge is 2.28. The van der Waals surface area contributed by atoms with E-state index in [1.54, 1.807) is 38.1 Å². The van der Waals surface area contributed by atoms with Gasteiger partial charge in [-0.05, 0) is 30.9 Å². The molecule has 0 radical (unpaired) electrons. The summed E-state index contributed by atoms with van der Waals surface area (Å²) in [5.74, 6) is -1.17. The SMILES string of the molecule is COc1ccccc1C(=O)N[C@H](C(=O)OCC(=O)NC1CC1)C(C)C. The molecule has 0 bridgehead atoms. The fourth-order valence-corrected chi connectivity index (χ4v) is 2.27. The number of carbonyl (C=O) groups excluding carboxylic acids is 3. The van der Waals surface area contributed by atoms with Gasteiger partial charge in [0.2, 0.25) is 0 Å². The smallest absolute Gasteiger partial charge is 0.329 e. The van der Waals surface area contributed by atoms with Crippen LogP contribution in [0, 0.1) is 5.92 Å².